The topological polar surface area (TPSA) is 43.8 Å². The van der Waals surface area contributed by atoms with E-state index in [1.54, 1.807) is 23.9 Å². The Kier molecular flexibility index (Phi) is 4.97. The van der Waals surface area contributed by atoms with Crippen molar-refractivity contribution in [2.75, 3.05) is 42.6 Å². The van der Waals surface area contributed by atoms with Crippen LogP contribution in [0.1, 0.15) is 21.5 Å². The summed E-state index contributed by atoms with van der Waals surface area (Å²) in [7, 11) is 0. The highest BCUT2D eigenvalue weighted by Crippen LogP contribution is 2.39. The van der Waals surface area contributed by atoms with E-state index in [1.807, 2.05) is 17.0 Å². The number of hydrogen-bond acceptors (Lipinski definition) is 4. The number of alkyl halides is 3. The lowest BCUT2D eigenvalue weighted by atomic mass is 9.96. The van der Waals surface area contributed by atoms with Gasteiger partial charge in [-0.3, -0.25) is 4.79 Å². The van der Waals surface area contributed by atoms with Crippen LogP contribution in [0.4, 0.5) is 18.9 Å². The number of thioether (sulfide) groups is 1. The van der Waals surface area contributed by atoms with Crippen molar-refractivity contribution in [2.45, 2.75) is 11.8 Å². The minimum atomic E-state index is -4.33. The lowest BCUT2D eigenvalue weighted by Gasteiger charge is -2.36. The summed E-state index contributed by atoms with van der Waals surface area (Å²) in [5.41, 5.74) is 0.871. The van der Waals surface area contributed by atoms with Crippen molar-refractivity contribution in [3.05, 3.63) is 65.2 Å². The van der Waals surface area contributed by atoms with Gasteiger partial charge in [-0.1, -0.05) is 12.1 Å². The molecule has 4 nitrogen and oxygen atoms in total. The highest BCUT2D eigenvalue weighted by Gasteiger charge is 2.42. The van der Waals surface area contributed by atoms with Crippen LogP contribution in [0.15, 0.2) is 48.5 Å². The second-order valence-corrected chi connectivity index (χ2v) is 9.77. The molecule has 2 atom stereocenters. The predicted octanol–water partition coefficient (Wildman–Crippen LogP) is 3.85. The fraction of sp³-hybridized carbons (Fsp3) is 0.435. The molecule has 3 heterocycles. The molecule has 2 aromatic rings. The maximum absolute atomic E-state index is 12.9. The van der Waals surface area contributed by atoms with E-state index in [4.69, 9.17) is 0 Å². The molecule has 5 rings (SSSR count). The molecule has 1 amide bonds. The average Bonchev–Trinajstić information content (AvgIpc) is 3.30. The minimum Gasteiger partial charge on any atom is -0.383 e. The molecule has 2 aromatic carbocycles. The van der Waals surface area contributed by atoms with Gasteiger partial charge in [0.1, 0.15) is 5.60 Å². The van der Waals surface area contributed by atoms with E-state index in [0.717, 1.165) is 36.5 Å². The van der Waals surface area contributed by atoms with Crippen LogP contribution in [-0.2, 0) is 11.8 Å². The maximum Gasteiger partial charge on any atom is 0.416 e. The Morgan fingerprint density at radius 2 is 1.52 bits per heavy atom. The van der Waals surface area contributed by atoms with E-state index in [0.29, 0.717) is 42.0 Å². The lowest BCUT2D eigenvalue weighted by molar-refractivity contribution is -0.137. The second-order valence-electron chi connectivity index (χ2n) is 8.78. The van der Waals surface area contributed by atoms with Crippen LogP contribution >= 0.6 is 11.8 Å². The van der Waals surface area contributed by atoms with Gasteiger partial charge in [-0.25, -0.2) is 0 Å². The van der Waals surface area contributed by atoms with E-state index in [9.17, 15) is 23.1 Å². The molecule has 2 unspecified atom stereocenters. The van der Waals surface area contributed by atoms with Crippen molar-refractivity contribution in [3.8, 4) is 0 Å². The third kappa shape index (κ3) is 3.80. The van der Waals surface area contributed by atoms with E-state index < -0.39 is 17.3 Å². The Morgan fingerprint density at radius 3 is 2.00 bits per heavy atom. The Morgan fingerprint density at radius 1 is 0.935 bits per heavy atom. The fourth-order valence-electron chi connectivity index (χ4n) is 4.80. The SMILES string of the molecule is O=C(c1ccc(C2(O)CSC2)cc1)N1CC2CN(c3ccc(C(F)(F)F)cc3)CC2C1. The van der Waals surface area contributed by atoms with Gasteiger partial charge in [0.15, 0.2) is 0 Å². The van der Waals surface area contributed by atoms with Crippen LogP contribution in [0.5, 0.6) is 0 Å². The Bertz CT molecular complexity index is 960. The van der Waals surface area contributed by atoms with Crippen molar-refractivity contribution >= 4 is 23.4 Å². The number of carbonyl (C=O) groups is 1. The summed E-state index contributed by atoms with van der Waals surface area (Å²) in [6.45, 7) is 2.79. The van der Waals surface area contributed by atoms with Crippen LogP contribution in [0.25, 0.3) is 0 Å². The molecule has 0 aromatic heterocycles. The quantitative estimate of drug-likeness (QED) is 0.775. The standard InChI is InChI=1S/C23H23F3N2O2S/c24-23(25,26)19-5-7-20(8-6-19)27-9-16-11-28(12-17(16)10-27)21(29)15-1-3-18(4-2-15)22(30)13-31-14-22/h1-8,16-17,30H,9-14H2. The van der Waals surface area contributed by atoms with Gasteiger partial charge in [0.25, 0.3) is 5.91 Å². The van der Waals surface area contributed by atoms with Gasteiger partial charge >= 0.3 is 6.18 Å². The van der Waals surface area contributed by atoms with Gasteiger partial charge in [0.2, 0.25) is 0 Å². The van der Waals surface area contributed by atoms with Crippen LogP contribution in [0.2, 0.25) is 0 Å². The van der Waals surface area contributed by atoms with E-state index in [1.165, 1.54) is 12.1 Å². The number of nitrogens with zero attached hydrogens (tertiary/aromatic N) is 2. The van der Waals surface area contributed by atoms with Crippen LogP contribution in [-0.4, -0.2) is 53.6 Å². The van der Waals surface area contributed by atoms with Crippen LogP contribution in [0, 0.1) is 11.8 Å². The summed E-state index contributed by atoms with van der Waals surface area (Å²) < 4.78 is 38.3. The third-order valence-corrected chi connectivity index (χ3v) is 8.05. The monoisotopic (exact) mass is 448 g/mol. The Labute approximate surface area is 183 Å². The molecule has 0 radical (unpaired) electrons. The number of benzene rings is 2. The molecule has 164 valence electrons. The molecule has 0 saturated carbocycles. The highest BCUT2D eigenvalue weighted by atomic mass is 32.2. The largest absolute Gasteiger partial charge is 0.416 e. The summed E-state index contributed by atoms with van der Waals surface area (Å²) in [4.78, 5) is 16.9. The summed E-state index contributed by atoms with van der Waals surface area (Å²) in [6, 6.07) is 12.6. The van der Waals surface area contributed by atoms with Crippen LogP contribution in [0.3, 0.4) is 0 Å². The van der Waals surface area contributed by atoms with Gasteiger partial charge in [-0.05, 0) is 42.0 Å². The molecule has 3 aliphatic heterocycles. The molecule has 3 saturated heterocycles. The molecule has 31 heavy (non-hydrogen) atoms. The van der Waals surface area contributed by atoms with Crippen LogP contribution < -0.4 is 4.90 Å². The van der Waals surface area contributed by atoms with E-state index >= 15 is 0 Å². The number of anilines is 1. The second kappa shape index (κ2) is 7.45. The molecule has 8 heteroatoms. The van der Waals surface area contributed by atoms with E-state index in [-0.39, 0.29) is 5.91 Å². The fourth-order valence-corrected chi connectivity index (χ4v) is 5.72. The first-order valence-corrected chi connectivity index (χ1v) is 11.5. The Hall–Kier alpha value is -2.19. The number of rotatable bonds is 3. The third-order valence-electron chi connectivity index (χ3n) is 6.68. The molecular weight excluding hydrogens is 425 g/mol. The average molecular weight is 449 g/mol. The first-order chi connectivity index (χ1) is 14.7. The normalized spacial score (nSPS) is 24.8. The van der Waals surface area contributed by atoms with Gasteiger partial charge in [-0.15, -0.1) is 0 Å². The van der Waals surface area contributed by atoms with Gasteiger partial charge in [-0.2, -0.15) is 24.9 Å². The predicted molar refractivity (Wildman–Crippen MR) is 114 cm³/mol. The Balaban J connectivity index is 1.20. The molecule has 3 aliphatic rings. The number of carbonyl (C=O) groups excluding carboxylic acids is 1. The zero-order valence-electron chi connectivity index (χ0n) is 16.8. The number of aliphatic hydroxyl groups is 1. The van der Waals surface area contributed by atoms with Crippen molar-refractivity contribution in [1.82, 2.24) is 4.90 Å². The maximum atomic E-state index is 12.9. The number of amides is 1. The van der Waals surface area contributed by atoms with Crippen molar-refractivity contribution < 1.29 is 23.1 Å². The summed E-state index contributed by atoms with van der Waals surface area (Å²) >= 11 is 1.70. The number of likely N-dealkylation sites (tertiary alicyclic amines) is 1. The van der Waals surface area contributed by atoms with E-state index in [2.05, 4.69) is 4.90 Å². The zero-order chi connectivity index (χ0) is 21.8. The van der Waals surface area contributed by atoms with Crippen molar-refractivity contribution in [3.63, 3.8) is 0 Å². The molecule has 3 fully saturated rings. The molecule has 0 bridgehead atoms. The number of halogens is 3. The summed E-state index contributed by atoms with van der Waals surface area (Å²) in [6.07, 6.45) is -4.33. The molecule has 0 spiro atoms. The van der Waals surface area contributed by atoms with Gasteiger partial charge in [0, 0.05) is 60.8 Å². The number of fused-ring (bicyclic) bond motifs is 1. The summed E-state index contributed by atoms with van der Waals surface area (Å²) in [5.74, 6) is 2.00. The highest BCUT2D eigenvalue weighted by molar-refractivity contribution is 8.00. The molecular formula is C23H23F3N2O2S. The molecule has 0 aliphatic carbocycles. The number of hydrogen-bond donors (Lipinski definition) is 1. The minimum absolute atomic E-state index is 0.00277. The van der Waals surface area contributed by atoms with Gasteiger partial charge < -0.3 is 14.9 Å². The zero-order valence-corrected chi connectivity index (χ0v) is 17.6. The van der Waals surface area contributed by atoms with Gasteiger partial charge in [0.05, 0.1) is 5.56 Å². The molecule has 1 N–H and O–H groups in total. The van der Waals surface area contributed by atoms with Crippen molar-refractivity contribution in [1.29, 1.82) is 0 Å². The smallest absolute Gasteiger partial charge is 0.383 e. The first-order valence-electron chi connectivity index (χ1n) is 10.4. The first kappa shape index (κ1) is 20.7. The lowest BCUT2D eigenvalue weighted by Crippen LogP contribution is -2.40. The summed E-state index contributed by atoms with van der Waals surface area (Å²) in [5, 5.41) is 10.4. The van der Waals surface area contributed by atoms with Crippen molar-refractivity contribution in [2.24, 2.45) is 11.8 Å².